The van der Waals surface area contributed by atoms with Gasteiger partial charge in [0, 0.05) is 18.7 Å². The molecule has 1 amide bonds. The van der Waals surface area contributed by atoms with Gasteiger partial charge in [-0.15, -0.1) is 11.3 Å². The first-order chi connectivity index (χ1) is 14.9. The monoisotopic (exact) mass is 441 g/mol. The number of hydrogen-bond donors (Lipinski definition) is 1. The number of aliphatic hydroxyl groups excluding tert-OH is 1. The standard InChI is InChI=1S/C23H27N3O4S/c1-14-22(31-15(2)24-14)20(27)18-19(16-8-4-5-9-17(16)30-3)26(23(29)21(18)28)13-12-25-10-6-7-11-25/h4-5,8-9,19,28H,6-7,10-13H2,1-3H3. The Kier molecular flexibility index (Phi) is 6.11. The molecule has 8 heteroatoms. The molecule has 1 atom stereocenters. The number of methoxy groups -OCH3 is 1. The second-order valence-corrected chi connectivity index (χ2v) is 9.13. The Morgan fingerprint density at radius 2 is 1.94 bits per heavy atom. The van der Waals surface area contributed by atoms with E-state index in [-0.39, 0.29) is 11.4 Å². The Bertz CT molecular complexity index is 1040. The van der Waals surface area contributed by atoms with Crippen molar-refractivity contribution >= 4 is 23.0 Å². The number of aromatic nitrogens is 1. The maximum absolute atomic E-state index is 13.5. The number of hydrogen-bond acceptors (Lipinski definition) is 7. The number of ether oxygens (including phenoxy) is 1. The van der Waals surface area contributed by atoms with Gasteiger partial charge >= 0.3 is 0 Å². The highest BCUT2D eigenvalue weighted by Gasteiger charge is 2.45. The Morgan fingerprint density at radius 3 is 2.58 bits per heavy atom. The molecule has 164 valence electrons. The first kappa shape index (κ1) is 21.5. The van der Waals surface area contributed by atoms with E-state index in [1.165, 1.54) is 11.3 Å². The van der Waals surface area contributed by atoms with Crippen molar-refractivity contribution < 1.29 is 19.4 Å². The van der Waals surface area contributed by atoms with E-state index in [1.54, 1.807) is 25.0 Å². The van der Waals surface area contributed by atoms with Crippen molar-refractivity contribution in [1.29, 1.82) is 0 Å². The van der Waals surface area contributed by atoms with Crippen molar-refractivity contribution in [2.45, 2.75) is 32.7 Å². The molecular formula is C23H27N3O4S. The number of carbonyl (C=O) groups excluding carboxylic acids is 2. The van der Waals surface area contributed by atoms with Crippen LogP contribution in [0.15, 0.2) is 35.6 Å². The van der Waals surface area contributed by atoms with E-state index in [4.69, 9.17) is 4.74 Å². The highest BCUT2D eigenvalue weighted by molar-refractivity contribution is 7.14. The normalized spacial score (nSPS) is 19.5. The van der Waals surface area contributed by atoms with E-state index < -0.39 is 17.7 Å². The summed E-state index contributed by atoms with van der Waals surface area (Å²) in [5.41, 5.74) is 1.39. The van der Waals surface area contributed by atoms with Gasteiger partial charge in [0.05, 0.1) is 34.3 Å². The minimum absolute atomic E-state index is 0.0997. The molecule has 2 aromatic rings. The molecule has 1 fully saturated rings. The van der Waals surface area contributed by atoms with E-state index in [0.717, 1.165) is 30.9 Å². The maximum atomic E-state index is 13.5. The first-order valence-corrected chi connectivity index (χ1v) is 11.3. The molecule has 0 saturated carbocycles. The largest absolute Gasteiger partial charge is 0.503 e. The Balaban J connectivity index is 1.76. The summed E-state index contributed by atoms with van der Waals surface area (Å²) in [7, 11) is 1.56. The average molecular weight is 442 g/mol. The van der Waals surface area contributed by atoms with Gasteiger partial charge in [-0.2, -0.15) is 0 Å². The van der Waals surface area contributed by atoms with Crippen LogP contribution in [-0.4, -0.2) is 64.9 Å². The highest BCUT2D eigenvalue weighted by Crippen LogP contribution is 2.43. The second kappa shape index (κ2) is 8.80. The summed E-state index contributed by atoms with van der Waals surface area (Å²) < 4.78 is 5.54. The molecule has 1 aromatic carbocycles. The van der Waals surface area contributed by atoms with Crippen LogP contribution in [0, 0.1) is 13.8 Å². The minimum atomic E-state index is -0.708. The summed E-state index contributed by atoms with van der Waals surface area (Å²) in [5.74, 6) is -0.776. The smallest absolute Gasteiger partial charge is 0.290 e. The first-order valence-electron chi connectivity index (χ1n) is 10.5. The molecule has 1 unspecified atom stereocenters. The van der Waals surface area contributed by atoms with Crippen LogP contribution in [0.4, 0.5) is 0 Å². The van der Waals surface area contributed by atoms with Gasteiger partial charge in [-0.1, -0.05) is 18.2 Å². The zero-order valence-electron chi connectivity index (χ0n) is 18.1. The third kappa shape index (κ3) is 3.97. The molecule has 7 nitrogen and oxygen atoms in total. The molecule has 0 spiro atoms. The molecule has 3 heterocycles. The van der Waals surface area contributed by atoms with E-state index in [9.17, 15) is 14.7 Å². The lowest BCUT2D eigenvalue weighted by atomic mass is 9.94. The van der Waals surface area contributed by atoms with Gasteiger partial charge in [-0.05, 0) is 45.8 Å². The molecule has 0 bridgehead atoms. The third-order valence-electron chi connectivity index (χ3n) is 5.95. The topological polar surface area (TPSA) is 83.0 Å². The van der Waals surface area contributed by atoms with Crippen LogP contribution in [0.3, 0.4) is 0 Å². The van der Waals surface area contributed by atoms with Gasteiger partial charge in [0.15, 0.2) is 5.76 Å². The van der Waals surface area contributed by atoms with Crippen molar-refractivity contribution in [3.05, 3.63) is 56.7 Å². The van der Waals surface area contributed by atoms with Gasteiger partial charge in [0.25, 0.3) is 5.91 Å². The summed E-state index contributed by atoms with van der Waals surface area (Å²) in [6.07, 6.45) is 2.31. The van der Waals surface area contributed by atoms with Crippen LogP contribution < -0.4 is 4.74 Å². The number of aryl methyl sites for hydroxylation is 2. The number of benzene rings is 1. The number of rotatable bonds is 7. The minimum Gasteiger partial charge on any atom is -0.503 e. The molecule has 0 radical (unpaired) electrons. The van der Waals surface area contributed by atoms with Crippen molar-refractivity contribution in [3.8, 4) is 5.75 Å². The summed E-state index contributed by atoms with van der Waals surface area (Å²) >= 11 is 1.28. The van der Waals surface area contributed by atoms with E-state index in [2.05, 4.69) is 9.88 Å². The molecule has 0 aliphatic carbocycles. The quantitative estimate of drug-likeness (QED) is 0.663. The molecule has 31 heavy (non-hydrogen) atoms. The lowest BCUT2D eigenvalue weighted by molar-refractivity contribution is -0.129. The van der Waals surface area contributed by atoms with Crippen LogP contribution in [0.25, 0.3) is 0 Å². The van der Waals surface area contributed by atoms with E-state index in [0.29, 0.717) is 35.0 Å². The summed E-state index contributed by atoms with van der Waals surface area (Å²) in [6, 6.07) is 6.63. The number of nitrogens with zero attached hydrogens (tertiary/aromatic N) is 3. The highest BCUT2D eigenvalue weighted by atomic mass is 32.1. The van der Waals surface area contributed by atoms with E-state index >= 15 is 0 Å². The number of thiazole rings is 1. The fourth-order valence-corrected chi connectivity index (χ4v) is 5.33. The zero-order valence-corrected chi connectivity index (χ0v) is 18.9. The summed E-state index contributed by atoms with van der Waals surface area (Å²) in [5, 5.41) is 11.6. The number of likely N-dealkylation sites (tertiary alicyclic amines) is 1. The Labute approximate surface area is 186 Å². The van der Waals surface area contributed by atoms with Gasteiger partial charge in [-0.25, -0.2) is 4.98 Å². The predicted octanol–water partition coefficient (Wildman–Crippen LogP) is 3.44. The van der Waals surface area contributed by atoms with Crippen molar-refractivity contribution in [3.63, 3.8) is 0 Å². The molecule has 1 aromatic heterocycles. The van der Waals surface area contributed by atoms with Crippen LogP contribution >= 0.6 is 11.3 Å². The third-order valence-corrected chi connectivity index (χ3v) is 7.02. The van der Waals surface area contributed by atoms with Crippen LogP contribution in [0.2, 0.25) is 0 Å². The predicted molar refractivity (Wildman–Crippen MR) is 119 cm³/mol. The van der Waals surface area contributed by atoms with Gasteiger partial charge in [0.2, 0.25) is 5.78 Å². The number of amides is 1. The van der Waals surface area contributed by atoms with Crippen LogP contribution in [-0.2, 0) is 4.79 Å². The summed E-state index contributed by atoms with van der Waals surface area (Å²) in [6.45, 7) is 6.74. The van der Waals surface area contributed by atoms with Crippen molar-refractivity contribution in [1.82, 2.24) is 14.8 Å². The fraction of sp³-hybridized carbons (Fsp3) is 0.435. The van der Waals surface area contributed by atoms with Crippen LogP contribution in [0.1, 0.15) is 44.8 Å². The lowest BCUT2D eigenvalue weighted by Crippen LogP contribution is -2.38. The Hall–Kier alpha value is -2.71. The SMILES string of the molecule is COc1ccccc1C1C(C(=O)c2sc(C)nc2C)=C(O)C(=O)N1CCN1CCCC1. The van der Waals surface area contributed by atoms with Gasteiger partial charge < -0.3 is 19.6 Å². The molecule has 1 saturated heterocycles. The van der Waals surface area contributed by atoms with E-state index in [1.807, 2.05) is 25.1 Å². The molecule has 1 N–H and O–H groups in total. The van der Waals surface area contributed by atoms with Crippen molar-refractivity contribution in [2.24, 2.45) is 0 Å². The maximum Gasteiger partial charge on any atom is 0.290 e. The fourth-order valence-electron chi connectivity index (χ4n) is 4.45. The van der Waals surface area contributed by atoms with Crippen LogP contribution in [0.5, 0.6) is 5.75 Å². The number of aliphatic hydroxyl groups is 1. The Morgan fingerprint density at radius 1 is 1.23 bits per heavy atom. The summed E-state index contributed by atoms with van der Waals surface area (Å²) in [4.78, 5) is 35.4. The molecule has 4 rings (SSSR count). The van der Waals surface area contributed by atoms with Gasteiger partial charge in [0.1, 0.15) is 5.75 Å². The van der Waals surface area contributed by atoms with Crippen molar-refractivity contribution in [2.75, 3.05) is 33.3 Å². The lowest BCUT2D eigenvalue weighted by Gasteiger charge is -2.29. The molecule has 2 aliphatic rings. The number of carbonyl (C=O) groups is 2. The van der Waals surface area contributed by atoms with Gasteiger partial charge in [-0.3, -0.25) is 9.59 Å². The molecule has 2 aliphatic heterocycles. The number of ketones is 1. The zero-order chi connectivity index (χ0) is 22.1. The number of para-hydroxylation sites is 1. The molecular weight excluding hydrogens is 414 g/mol. The second-order valence-electron chi connectivity index (χ2n) is 7.93. The number of Topliss-reactive ketones (excluding diaryl/α,β-unsaturated/α-hetero) is 1. The average Bonchev–Trinajstić information content (AvgIpc) is 3.46.